The van der Waals surface area contributed by atoms with E-state index < -0.39 is 0 Å². The highest BCUT2D eigenvalue weighted by Gasteiger charge is 2.30. The number of aliphatic hydroxyl groups excluding tert-OH is 1. The van der Waals surface area contributed by atoms with Gasteiger partial charge in [0.05, 0.1) is 12.7 Å². The van der Waals surface area contributed by atoms with Crippen molar-refractivity contribution < 1.29 is 14.6 Å². The van der Waals surface area contributed by atoms with Crippen molar-refractivity contribution >= 4 is 11.7 Å². The first-order valence-electron chi connectivity index (χ1n) is 8.67. The number of rotatable bonds is 6. The Morgan fingerprint density at radius 1 is 1.38 bits per heavy atom. The van der Waals surface area contributed by atoms with E-state index in [9.17, 15) is 9.90 Å². The van der Waals surface area contributed by atoms with E-state index in [4.69, 9.17) is 4.74 Å². The van der Waals surface area contributed by atoms with Crippen LogP contribution in [0.1, 0.15) is 25.1 Å². The SMILES string of the molecule is COCCN1CC(Cc2nccc(N3CCC(O)CC3)n2)CC1=O. The van der Waals surface area contributed by atoms with Crippen LogP contribution in [0.2, 0.25) is 0 Å². The van der Waals surface area contributed by atoms with Gasteiger partial charge in [-0.25, -0.2) is 9.97 Å². The van der Waals surface area contributed by atoms with Crippen LogP contribution in [0, 0.1) is 5.92 Å². The maximum atomic E-state index is 12.0. The summed E-state index contributed by atoms with van der Waals surface area (Å²) in [6, 6.07) is 1.92. The van der Waals surface area contributed by atoms with Gasteiger partial charge in [-0.3, -0.25) is 4.79 Å². The first-order chi connectivity index (χ1) is 11.7. The van der Waals surface area contributed by atoms with E-state index >= 15 is 0 Å². The van der Waals surface area contributed by atoms with Crippen molar-refractivity contribution in [2.75, 3.05) is 44.8 Å². The molecule has 2 saturated heterocycles. The molecule has 2 fully saturated rings. The lowest BCUT2D eigenvalue weighted by atomic mass is 10.0. The number of aliphatic hydroxyl groups is 1. The molecular formula is C17H26N4O3. The second-order valence-corrected chi connectivity index (χ2v) is 6.66. The van der Waals surface area contributed by atoms with Crippen molar-refractivity contribution in [3.8, 4) is 0 Å². The summed E-state index contributed by atoms with van der Waals surface area (Å²) in [5, 5.41) is 9.62. The molecule has 1 unspecified atom stereocenters. The van der Waals surface area contributed by atoms with E-state index in [2.05, 4.69) is 14.9 Å². The summed E-state index contributed by atoms with van der Waals surface area (Å²) in [6.45, 7) is 3.63. The quantitative estimate of drug-likeness (QED) is 0.815. The third-order valence-corrected chi connectivity index (χ3v) is 4.81. The zero-order valence-corrected chi connectivity index (χ0v) is 14.2. The van der Waals surface area contributed by atoms with Gasteiger partial charge in [0.15, 0.2) is 0 Å². The highest BCUT2D eigenvalue weighted by Crippen LogP contribution is 2.22. The van der Waals surface area contributed by atoms with Crippen molar-refractivity contribution in [2.45, 2.75) is 31.8 Å². The van der Waals surface area contributed by atoms with E-state index in [0.717, 1.165) is 50.5 Å². The maximum Gasteiger partial charge on any atom is 0.223 e. The molecule has 0 bridgehead atoms. The van der Waals surface area contributed by atoms with E-state index in [1.165, 1.54) is 0 Å². The summed E-state index contributed by atoms with van der Waals surface area (Å²) in [5.74, 6) is 2.18. The number of likely N-dealkylation sites (tertiary alicyclic amines) is 1. The summed E-state index contributed by atoms with van der Waals surface area (Å²) in [5.41, 5.74) is 0. The molecule has 0 aromatic carbocycles. The average molecular weight is 334 g/mol. The number of carbonyl (C=O) groups excluding carboxylic acids is 1. The summed E-state index contributed by atoms with van der Waals surface area (Å²) in [6.07, 6.45) is 4.45. The molecule has 2 aliphatic rings. The predicted molar refractivity (Wildman–Crippen MR) is 89.8 cm³/mol. The number of hydrogen-bond acceptors (Lipinski definition) is 6. The Balaban J connectivity index is 1.58. The van der Waals surface area contributed by atoms with Crippen molar-refractivity contribution in [1.82, 2.24) is 14.9 Å². The number of piperidine rings is 1. The highest BCUT2D eigenvalue weighted by atomic mass is 16.5. The Hall–Kier alpha value is -1.73. The maximum absolute atomic E-state index is 12.0. The molecular weight excluding hydrogens is 308 g/mol. The van der Waals surface area contributed by atoms with Gasteiger partial charge in [0.1, 0.15) is 11.6 Å². The van der Waals surface area contributed by atoms with Gasteiger partial charge < -0.3 is 19.6 Å². The molecule has 3 rings (SSSR count). The Bertz CT molecular complexity index is 561. The number of aromatic nitrogens is 2. The minimum absolute atomic E-state index is 0.190. The molecule has 1 N–H and O–H groups in total. The number of carbonyl (C=O) groups is 1. The van der Waals surface area contributed by atoms with Gasteiger partial charge >= 0.3 is 0 Å². The highest BCUT2D eigenvalue weighted by molar-refractivity contribution is 5.78. The topological polar surface area (TPSA) is 78.8 Å². The van der Waals surface area contributed by atoms with E-state index in [1.54, 1.807) is 13.3 Å². The molecule has 0 radical (unpaired) electrons. The van der Waals surface area contributed by atoms with Gasteiger partial charge in [-0.05, 0) is 24.8 Å². The van der Waals surface area contributed by atoms with Crippen LogP contribution in [0.25, 0.3) is 0 Å². The Morgan fingerprint density at radius 2 is 2.17 bits per heavy atom. The zero-order chi connectivity index (χ0) is 16.9. The van der Waals surface area contributed by atoms with Gasteiger partial charge in [-0.2, -0.15) is 0 Å². The molecule has 7 heteroatoms. The van der Waals surface area contributed by atoms with Crippen molar-refractivity contribution in [2.24, 2.45) is 5.92 Å². The van der Waals surface area contributed by atoms with Gasteiger partial charge in [-0.1, -0.05) is 0 Å². The second-order valence-electron chi connectivity index (χ2n) is 6.66. The fourth-order valence-electron chi connectivity index (χ4n) is 3.42. The Labute approximate surface area is 142 Å². The monoisotopic (exact) mass is 334 g/mol. The zero-order valence-electron chi connectivity index (χ0n) is 14.2. The fourth-order valence-corrected chi connectivity index (χ4v) is 3.42. The Kier molecular flexibility index (Phi) is 5.63. The first-order valence-corrected chi connectivity index (χ1v) is 8.67. The third kappa shape index (κ3) is 4.21. The van der Waals surface area contributed by atoms with Gasteiger partial charge in [0, 0.05) is 52.3 Å². The van der Waals surface area contributed by atoms with E-state index in [-0.39, 0.29) is 17.9 Å². The van der Waals surface area contributed by atoms with Crippen LogP contribution < -0.4 is 4.90 Å². The summed E-state index contributed by atoms with van der Waals surface area (Å²) < 4.78 is 5.05. The Morgan fingerprint density at radius 3 is 2.92 bits per heavy atom. The predicted octanol–water partition coefficient (Wildman–Crippen LogP) is 0.475. The van der Waals surface area contributed by atoms with Crippen LogP contribution in [0.15, 0.2) is 12.3 Å². The number of hydrogen-bond donors (Lipinski definition) is 1. The summed E-state index contributed by atoms with van der Waals surface area (Å²) >= 11 is 0. The smallest absolute Gasteiger partial charge is 0.223 e. The van der Waals surface area contributed by atoms with Crippen molar-refractivity contribution in [3.05, 3.63) is 18.1 Å². The van der Waals surface area contributed by atoms with Crippen LogP contribution in [-0.2, 0) is 16.0 Å². The average Bonchev–Trinajstić information content (AvgIpc) is 2.93. The summed E-state index contributed by atoms with van der Waals surface area (Å²) in [4.78, 5) is 25.1. The number of anilines is 1. The standard InChI is InChI=1S/C17H26N4O3/c1-24-9-8-21-12-13(11-17(21)23)10-15-18-5-2-16(19-15)20-6-3-14(22)4-7-20/h2,5,13-14,22H,3-4,6-12H2,1H3. The van der Waals surface area contributed by atoms with Crippen molar-refractivity contribution in [1.29, 1.82) is 0 Å². The number of ether oxygens (including phenoxy) is 1. The summed E-state index contributed by atoms with van der Waals surface area (Å²) in [7, 11) is 1.65. The number of methoxy groups -OCH3 is 1. The van der Waals surface area contributed by atoms with Crippen LogP contribution in [0.3, 0.4) is 0 Å². The largest absolute Gasteiger partial charge is 0.393 e. The lowest BCUT2D eigenvalue weighted by molar-refractivity contribution is -0.128. The third-order valence-electron chi connectivity index (χ3n) is 4.81. The minimum atomic E-state index is -0.190. The number of amides is 1. The van der Waals surface area contributed by atoms with Gasteiger partial charge in [0.2, 0.25) is 5.91 Å². The van der Waals surface area contributed by atoms with Crippen LogP contribution >= 0.6 is 0 Å². The van der Waals surface area contributed by atoms with E-state index in [0.29, 0.717) is 19.6 Å². The first kappa shape index (κ1) is 17.1. The van der Waals surface area contributed by atoms with E-state index in [1.807, 2.05) is 11.0 Å². The van der Waals surface area contributed by atoms with Crippen LogP contribution in [0.5, 0.6) is 0 Å². The minimum Gasteiger partial charge on any atom is -0.393 e. The molecule has 1 aromatic rings. The number of nitrogens with zero attached hydrogens (tertiary/aromatic N) is 4. The van der Waals surface area contributed by atoms with Crippen LogP contribution in [-0.4, -0.2) is 71.9 Å². The van der Waals surface area contributed by atoms with Crippen molar-refractivity contribution in [3.63, 3.8) is 0 Å². The second kappa shape index (κ2) is 7.90. The van der Waals surface area contributed by atoms with Crippen LogP contribution in [0.4, 0.5) is 5.82 Å². The molecule has 0 spiro atoms. The molecule has 3 heterocycles. The molecule has 0 saturated carbocycles. The normalized spacial score (nSPS) is 22.4. The lowest BCUT2D eigenvalue weighted by Crippen LogP contribution is -2.36. The molecule has 2 aliphatic heterocycles. The molecule has 0 aliphatic carbocycles. The molecule has 1 atom stereocenters. The lowest BCUT2D eigenvalue weighted by Gasteiger charge is -2.30. The van der Waals surface area contributed by atoms with Gasteiger partial charge in [-0.15, -0.1) is 0 Å². The fraction of sp³-hybridized carbons (Fsp3) is 0.706. The molecule has 7 nitrogen and oxygen atoms in total. The molecule has 132 valence electrons. The molecule has 1 aromatic heterocycles. The molecule has 1 amide bonds. The molecule has 24 heavy (non-hydrogen) atoms. The van der Waals surface area contributed by atoms with Gasteiger partial charge in [0.25, 0.3) is 0 Å².